The molecule has 0 unspecified atom stereocenters. The molecule has 0 bridgehead atoms. The number of anilines is 4. The van der Waals surface area contributed by atoms with E-state index in [9.17, 15) is 4.79 Å². The molecule has 0 radical (unpaired) electrons. The van der Waals surface area contributed by atoms with Crippen molar-refractivity contribution in [2.75, 3.05) is 55.0 Å². The van der Waals surface area contributed by atoms with Gasteiger partial charge in [0, 0.05) is 62.3 Å². The second-order valence-electron chi connectivity index (χ2n) is 10.1. The molecule has 3 aliphatic heterocycles. The van der Waals surface area contributed by atoms with Crippen molar-refractivity contribution in [1.29, 1.82) is 0 Å². The Morgan fingerprint density at radius 3 is 2.76 bits per heavy atom. The number of aromatic nitrogens is 1. The minimum atomic E-state index is -0.520. The van der Waals surface area contributed by atoms with E-state index in [2.05, 4.69) is 40.6 Å². The molecule has 5 rings (SSSR count). The Labute approximate surface area is 222 Å². The number of fused-ring (bicyclic) bond motifs is 1. The summed E-state index contributed by atoms with van der Waals surface area (Å²) in [5.41, 5.74) is 2.16. The lowest BCUT2D eigenvalue weighted by atomic mass is 9.97. The van der Waals surface area contributed by atoms with Gasteiger partial charge in [-0.05, 0) is 44.0 Å². The molecule has 0 saturated carbocycles. The van der Waals surface area contributed by atoms with Crippen molar-refractivity contribution < 1.29 is 18.3 Å². The number of hydrogen-bond acceptors (Lipinski definition) is 7. The minimum absolute atomic E-state index is 0.0221. The molecule has 38 heavy (non-hydrogen) atoms. The van der Waals surface area contributed by atoms with Gasteiger partial charge >= 0.3 is 0 Å². The van der Waals surface area contributed by atoms with E-state index in [1.807, 2.05) is 16.8 Å². The van der Waals surface area contributed by atoms with Crippen LogP contribution in [0.15, 0.2) is 43.1 Å². The van der Waals surface area contributed by atoms with E-state index in [1.54, 1.807) is 18.2 Å². The Balaban J connectivity index is 1.45. The number of carbonyl (C=O) groups is 1. The fourth-order valence-electron chi connectivity index (χ4n) is 5.47. The topological polar surface area (TPSA) is 73.0 Å². The van der Waals surface area contributed by atoms with Crippen LogP contribution in [-0.2, 0) is 11.3 Å². The molecule has 1 aromatic heterocycles. The Hall–Kier alpha value is -3.66. The second-order valence-corrected chi connectivity index (χ2v) is 10.1. The number of likely N-dealkylation sites (N-methyl/N-ethyl adjacent to an activating group) is 1. The third kappa shape index (κ3) is 4.80. The number of ether oxygens (including phenoxy) is 1. The van der Waals surface area contributed by atoms with Crippen molar-refractivity contribution in [3.05, 3.63) is 65.9 Å². The molecular weight excluding hydrogens is 490 g/mol. The van der Waals surface area contributed by atoms with Gasteiger partial charge in [0.15, 0.2) is 11.6 Å². The van der Waals surface area contributed by atoms with Gasteiger partial charge < -0.3 is 30.1 Å². The molecular formula is C28H34F2N6O2. The lowest BCUT2D eigenvalue weighted by Crippen LogP contribution is -2.49. The molecule has 2 saturated heterocycles. The summed E-state index contributed by atoms with van der Waals surface area (Å²) in [5.74, 6) is -0.970. The maximum atomic E-state index is 15.7. The first-order valence-electron chi connectivity index (χ1n) is 13.0. The van der Waals surface area contributed by atoms with Gasteiger partial charge in [-0.2, -0.15) is 0 Å². The van der Waals surface area contributed by atoms with E-state index in [0.717, 1.165) is 18.5 Å². The molecule has 8 nitrogen and oxygen atoms in total. The van der Waals surface area contributed by atoms with E-state index >= 15 is 8.78 Å². The van der Waals surface area contributed by atoms with Crippen molar-refractivity contribution in [2.45, 2.75) is 38.4 Å². The van der Waals surface area contributed by atoms with E-state index < -0.39 is 17.5 Å². The zero-order chi connectivity index (χ0) is 27.0. The van der Waals surface area contributed by atoms with Gasteiger partial charge in [-0.15, -0.1) is 0 Å². The number of amides is 1. The second kappa shape index (κ2) is 10.6. The predicted molar refractivity (Wildman–Crippen MR) is 145 cm³/mol. The number of morpholine rings is 1. The lowest BCUT2D eigenvalue weighted by molar-refractivity contribution is 0.0966. The van der Waals surface area contributed by atoms with Crippen molar-refractivity contribution in [3.8, 4) is 0 Å². The van der Waals surface area contributed by atoms with Gasteiger partial charge in [-0.25, -0.2) is 13.8 Å². The van der Waals surface area contributed by atoms with Crippen LogP contribution >= 0.6 is 0 Å². The van der Waals surface area contributed by atoms with Crippen molar-refractivity contribution in [2.24, 2.45) is 0 Å². The number of allylic oxidation sites excluding steroid dienone is 1. The highest BCUT2D eigenvalue weighted by Gasteiger charge is 2.34. The normalized spacial score (nSPS) is 21.1. The lowest BCUT2D eigenvalue weighted by Gasteiger charge is -2.43. The van der Waals surface area contributed by atoms with Crippen molar-refractivity contribution in [3.63, 3.8) is 0 Å². The minimum Gasteiger partial charge on any atom is -0.378 e. The summed E-state index contributed by atoms with van der Waals surface area (Å²) in [7, 11) is 1.82. The number of pyridine rings is 1. The maximum Gasteiger partial charge on any atom is 0.255 e. The Morgan fingerprint density at radius 1 is 1.29 bits per heavy atom. The summed E-state index contributed by atoms with van der Waals surface area (Å²) >= 11 is 0. The molecule has 2 aromatic rings. The highest BCUT2D eigenvalue weighted by molar-refractivity contribution is 6.03. The maximum absolute atomic E-state index is 15.7. The van der Waals surface area contributed by atoms with Crippen LogP contribution in [0.4, 0.5) is 31.8 Å². The summed E-state index contributed by atoms with van der Waals surface area (Å²) in [6.07, 6.45) is 3.50. The molecule has 0 spiro atoms. The fraction of sp³-hybridized carbons (Fsp3) is 0.429. The standard InChI is InChI=1S/C28H34F2N6O2/c1-5-17(2)36-16-20(8-6-18(36)3)34(4)27-25(30)21-15-31-28(37)24(21)26(33-27)32-19-7-9-23(22(29)14-19)35-10-12-38-13-11-35/h5,7,9,14,18,20H,1-2,6,8,10-13,15-16H2,3-4H3,(H,31,37)(H,32,33)/t18-,20+/m0/s1. The van der Waals surface area contributed by atoms with Crippen LogP contribution in [0.25, 0.3) is 0 Å². The van der Waals surface area contributed by atoms with Crippen LogP contribution in [0.3, 0.4) is 0 Å². The smallest absolute Gasteiger partial charge is 0.255 e. The van der Waals surface area contributed by atoms with Gasteiger partial charge in [0.25, 0.3) is 5.91 Å². The first kappa shape index (κ1) is 26.0. The van der Waals surface area contributed by atoms with Crippen LogP contribution in [0.2, 0.25) is 0 Å². The number of piperidine rings is 1. The van der Waals surface area contributed by atoms with E-state index in [-0.39, 0.29) is 35.3 Å². The fourth-order valence-corrected chi connectivity index (χ4v) is 5.47. The zero-order valence-corrected chi connectivity index (χ0v) is 21.9. The van der Waals surface area contributed by atoms with Gasteiger partial charge in [0.1, 0.15) is 11.6 Å². The number of carbonyl (C=O) groups excluding carboxylic acids is 1. The van der Waals surface area contributed by atoms with E-state index in [0.29, 0.717) is 50.3 Å². The first-order valence-corrected chi connectivity index (χ1v) is 13.0. The average molecular weight is 525 g/mol. The average Bonchev–Trinajstić information content (AvgIpc) is 3.32. The Morgan fingerprint density at radius 2 is 2.05 bits per heavy atom. The number of nitrogens with zero attached hydrogens (tertiary/aromatic N) is 4. The van der Waals surface area contributed by atoms with Crippen molar-refractivity contribution in [1.82, 2.24) is 15.2 Å². The molecule has 0 aliphatic carbocycles. The number of benzene rings is 1. The van der Waals surface area contributed by atoms with Crippen LogP contribution in [0, 0.1) is 11.6 Å². The predicted octanol–water partition coefficient (Wildman–Crippen LogP) is 4.17. The number of rotatable bonds is 7. The largest absolute Gasteiger partial charge is 0.378 e. The molecule has 2 N–H and O–H groups in total. The number of halogens is 2. The summed E-state index contributed by atoms with van der Waals surface area (Å²) in [6.45, 7) is 13.1. The SMILES string of the molecule is C=CC(=C)N1C[C@H](N(C)c2nc(Nc3ccc(N4CCOCC4)c(F)c3)c3c(c2F)CNC3=O)CC[C@@H]1C. The molecule has 10 heteroatoms. The number of nitrogens with one attached hydrogen (secondary N) is 2. The van der Waals surface area contributed by atoms with Gasteiger partial charge in [0.2, 0.25) is 0 Å². The summed E-state index contributed by atoms with van der Waals surface area (Å²) in [6, 6.07) is 5.09. The Kier molecular flexibility index (Phi) is 7.25. The first-order chi connectivity index (χ1) is 18.3. The monoisotopic (exact) mass is 524 g/mol. The highest BCUT2D eigenvalue weighted by atomic mass is 19.1. The van der Waals surface area contributed by atoms with E-state index in [4.69, 9.17) is 4.74 Å². The molecule has 202 valence electrons. The summed E-state index contributed by atoms with van der Waals surface area (Å²) in [4.78, 5) is 23.2. The molecule has 3 aliphatic rings. The molecule has 2 atom stereocenters. The molecule has 2 fully saturated rings. The third-order valence-corrected chi connectivity index (χ3v) is 7.78. The van der Waals surface area contributed by atoms with E-state index in [1.165, 1.54) is 6.07 Å². The quantitative estimate of drug-likeness (QED) is 0.527. The van der Waals surface area contributed by atoms with Crippen LogP contribution in [0.1, 0.15) is 35.7 Å². The Bertz CT molecular complexity index is 1260. The third-order valence-electron chi connectivity index (χ3n) is 7.78. The van der Waals surface area contributed by atoms with Gasteiger partial charge in [-0.3, -0.25) is 4.79 Å². The van der Waals surface area contributed by atoms with Crippen LogP contribution < -0.4 is 20.4 Å². The van der Waals surface area contributed by atoms with Crippen LogP contribution in [-0.4, -0.2) is 67.8 Å². The van der Waals surface area contributed by atoms with Gasteiger partial charge in [0.05, 0.1) is 24.5 Å². The van der Waals surface area contributed by atoms with Crippen molar-refractivity contribution >= 4 is 28.9 Å². The van der Waals surface area contributed by atoms with Gasteiger partial charge in [-0.1, -0.05) is 13.2 Å². The molecule has 1 amide bonds. The molecule has 4 heterocycles. The number of hydrogen-bond donors (Lipinski definition) is 2. The molecule has 1 aromatic carbocycles. The highest BCUT2D eigenvalue weighted by Crippen LogP contribution is 2.35. The number of likely N-dealkylation sites (tertiary alicyclic amines) is 1. The zero-order valence-electron chi connectivity index (χ0n) is 21.9. The summed E-state index contributed by atoms with van der Waals surface area (Å²) in [5, 5.41) is 5.78. The van der Waals surface area contributed by atoms with Crippen LogP contribution in [0.5, 0.6) is 0 Å². The summed E-state index contributed by atoms with van der Waals surface area (Å²) < 4.78 is 36.2.